The molecule has 1 aromatic rings. The summed E-state index contributed by atoms with van der Waals surface area (Å²) in [5.74, 6) is 0. The molecule has 1 aromatic carbocycles. The van der Waals surface area contributed by atoms with Crippen LogP contribution < -0.4 is 5.32 Å². The first kappa shape index (κ1) is 14.2. The van der Waals surface area contributed by atoms with Crippen LogP contribution in [0.5, 0.6) is 0 Å². The van der Waals surface area contributed by atoms with E-state index in [1.807, 2.05) is 0 Å². The minimum Gasteiger partial charge on any atom is -0.378 e. The summed E-state index contributed by atoms with van der Waals surface area (Å²) >= 11 is 5.74. The van der Waals surface area contributed by atoms with Gasteiger partial charge in [0, 0.05) is 12.6 Å². The van der Waals surface area contributed by atoms with E-state index in [0.29, 0.717) is 13.2 Å². The molecule has 2 rings (SSSR count). The predicted octanol–water partition coefficient (Wildman–Crippen LogP) is 2.33. The van der Waals surface area contributed by atoms with Gasteiger partial charge in [-0.2, -0.15) is 0 Å². The standard InChI is InChI=1S/C10H11ClN2O3.ClH/c11-8-2-1-7(5-10(8)13(14)15)9-6-16-4-3-12-9;/h1-2,5,9,12H,3-4,6H2;1H/t9-;/m0./s1. The summed E-state index contributed by atoms with van der Waals surface area (Å²) in [4.78, 5) is 10.2. The van der Waals surface area contributed by atoms with E-state index in [0.717, 1.165) is 12.1 Å². The molecule has 0 amide bonds. The molecule has 5 nitrogen and oxygen atoms in total. The maximum absolute atomic E-state index is 10.7. The Morgan fingerprint density at radius 2 is 2.29 bits per heavy atom. The van der Waals surface area contributed by atoms with E-state index in [4.69, 9.17) is 16.3 Å². The Morgan fingerprint density at radius 1 is 1.53 bits per heavy atom. The SMILES string of the molecule is Cl.O=[N+]([O-])c1cc([C@@H]2COCCN2)ccc1Cl. The molecule has 0 aromatic heterocycles. The zero-order valence-corrected chi connectivity index (χ0v) is 10.5. The average molecular weight is 279 g/mol. The van der Waals surface area contributed by atoms with E-state index in [1.165, 1.54) is 6.07 Å². The van der Waals surface area contributed by atoms with Crippen molar-refractivity contribution >= 4 is 29.7 Å². The first-order valence-electron chi connectivity index (χ1n) is 4.93. The van der Waals surface area contributed by atoms with Crippen LogP contribution in [0.2, 0.25) is 5.02 Å². The second kappa shape index (κ2) is 6.16. The molecule has 0 saturated carbocycles. The summed E-state index contributed by atoms with van der Waals surface area (Å²) in [5, 5.41) is 14.1. The number of nitro benzene ring substituents is 1. The highest BCUT2D eigenvalue weighted by Crippen LogP contribution is 2.28. The van der Waals surface area contributed by atoms with E-state index >= 15 is 0 Å². The third-order valence-electron chi connectivity index (χ3n) is 2.49. The summed E-state index contributed by atoms with van der Waals surface area (Å²) in [6, 6.07) is 4.83. The van der Waals surface area contributed by atoms with Gasteiger partial charge in [0.25, 0.3) is 5.69 Å². The Balaban J connectivity index is 0.00000144. The van der Waals surface area contributed by atoms with Crippen molar-refractivity contribution in [1.29, 1.82) is 0 Å². The molecule has 1 heterocycles. The van der Waals surface area contributed by atoms with Crippen LogP contribution in [-0.2, 0) is 4.74 Å². The number of halogens is 2. The number of nitro groups is 1. The molecule has 0 aliphatic carbocycles. The van der Waals surface area contributed by atoms with Crippen LogP contribution >= 0.6 is 24.0 Å². The lowest BCUT2D eigenvalue weighted by Crippen LogP contribution is -2.34. The summed E-state index contributed by atoms with van der Waals surface area (Å²) in [5.41, 5.74) is 0.766. The molecular weight excluding hydrogens is 267 g/mol. The molecule has 1 saturated heterocycles. The number of nitrogens with one attached hydrogen (secondary N) is 1. The van der Waals surface area contributed by atoms with Crippen molar-refractivity contribution in [3.8, 4) is 0 Å². The summed E-state index contributed by atoms with van der Waals surface area (Å²) in [6.45, 7) is 1.95. The van der Waals surface area contributed by atoms with Gasteiger partial charge in [0.1, 0.15) is 5.02 Å². The fourth-order valence-electron chi connectivity index (χ4n) is 1.67. The van der Waals surface area contributed by atoms with Crippen LogP contribution in [-0.4, -0.2) is 24.7 Å². The predicted molar refractivity (Wildman–Crippen MR) is 66.9 cm³/mol. The summed E-state index contributed by atoms with van der Waals surface area (Å²) < 4.78 is 5.30. The van der Waals surface area contributed by atoms with E-state index in [2.05, 4.69) is 5.32 Å². The van der Waals surface area contributed by atoms with Gasteiger partial charge in [-0.1, -0.05) is 17.7 Å². The van der Waals surface area contributed by atoms with Crippen LogP contribution in [0.1, 0.15) is 11.6 Å². The smallest absolute Gasteiger partial charge is 0.288 e. The van der Waals surface area contributed by atoms with Gasteiger partial charge < -0.3 is 10.1 Å². The number of nitrogens with zero attached hydrogens (tertiary/aromatic N) is 1. The normalized spacial score (nSPS) is 19.5. The molecule has 1 aliphatic heterocycles. The zero-order chi connectivity index (χ0) is 11.5. The van der Waals surface area contributed by atoms with Crippen molar-refractivity contribution in [2.45, 2.75) is 6.04 Å². The molecule has 94 valence electrons. The molecule has 1 atom stereocenters. The van der Waals surface area contributed by atoms with Gasteiger partial charge >= 0.3 is 0 Å². The monoisotopic (exact) mass is 278 g/mol. The highest BCUT2D eigenvalue weighted by molar-refractivity contribution is 6.32. The quantitative estimate of drug-likeness (QED) is 0.666. The Labute approximate surface area is 110 Å². The lowest BCUT2D eigenvalue weighted by Gasteiger charge is -2.24. The first-order valence-corrected chi connectivity index (χ1v) is 5.31. The van der Waals surface area contributed by atoms with E-state index in [1.54, 1.807) is 12.1 Å². The van der Waals surface area contributed by atoms with Crippen molar-refractivity contribution in [2.24, 2.45) is 0 Å². The fraction of sp³-hybridized carbons (Fsp3) is 0.400. The van der Waals surface area contributed by atoms with Gasteiger partial charge in [0.2, 0.25) is 0 Å². The van der Waals surface area contributed by atoms with Gasteiger partial charge in [-0.3, -0.25) is 10.1 Å². The van der Waals surface area contributed by atoms with Crippen LogP contribution in [0.3, 0.4) is 0 Å². The molecule has 7 heteroatoms. The second-order valence-corrected chi connectivity index (χ2v) is 3.96. The Hall–Kier alpha value is -0.880. The molecule has 1 N–H and O–H groups in total. The Kier molecular flexibility index (Phi) is 5.14. The lowest BCUT2D eigenvalue weighted by atomic mass is 10.1. The number of hydrogen-bond donors (Lipinski definition) is 1. The van der Waals surface area contributed by atoms with Crippen molar-refractivity contribution < 1.29 is 9.66 Å². The highest BCUT2D eigenvalue weighted by Gasteiger charge is 2.19. The summed E-state index contributed by atoms with van der Waals surface area (Å²) in [7, 11) is 0. The Bertz CT molecular complexity index is 409. The molecule has 0 spiro atoms. The van der Waals surface area contributed by atoms with Crippen LogP contribution in [0, 0.1) is 10.1 Å². The molecule has 0 bridgehead atoms. The largest absolute Gasteiger partial charge is 0.378 e. The average Bonchev–Trinajstić information content (AvgIpc) is 2.30. The topological polar surface area (TPSA) is 64.4 Å². The third kappa shape index (κ3) is 3.29. The molecule has 1 fully saturated rings. The first-order chi connectivity index (χ1) is 7.68. The van der Waals surface area contributed by atoms with Gasteiger partial charge in [-0.25, -0.2) is 0 Å². The molecule has 0 radical (unpaired) electrons. The van der Waals surface area contributed by atoms with Crippen molar-refractivity contribution in [2.75, 3.05) is 19.8 Å². The lowest BCUT2D eigenvalue weighted by molar-refractivity contribution is -0.384. The number of morpholine rings is 1. The van der Waals surface area contributed by atoms with E-state index in [-0.39, 0.29) is 29.2 Å². The molecular formula is C10H12Cl2N2O3. The van der Waals surface area contributed by atoms with Gasteiger partial charge in [-0.05, 0) is 11.6 Å². The highest BCUT2D eigenvalue weighted by atomic mass is 35.5. The molecule has 1 aliphatic rings. The van der Waals surface area contributed by atoms with Gasteiger partial charge in [-0.15, -0.1) is 12.4 Å². The van der Waals surface area contributed by atoms with Crippen molar-refractivity contribution in [3.63, 3.8) is 0 Å². The number of hydrogen-bond acceptors (Lipinski definition) is 4. The minimum atomic E-state index is -0.477. The van der Waals surface area contributed by atoms with Crippen LogP contribution in [0.15, 0.2) is 18.2 Å². The molecule has 17 heavy (non-hydrogen) atoms. The van der Waals surface area contributed by atoms with Crippen LogP contribution in [0.25, 0.3) is 0 Å². The second-order valence-electron chi connectivity index (χ2n) is 3.55. The van der Waals surface area contributed by atoms with Gasteiger partial charge in [0.05, 0.1) is 24.2 Å². The summed E-state index contributed by atoms with van der Waals surface area (Å²) in [6.07, 6.45) is 0. The van der Waals surface area contributed by atoms with Crippen molar-refractivity contribution in [3.05, 3.63) is 38.9 Å². The molecule has 0 unspecified atom stereocenters. The third-order valence-corrected chi connectivity index (χ3v) is 2.81. The maximum atomic E-state index is 10.7. The number of benzene rings is 1. The number of ether oxygens (including phenoxy) is 1. The van der Waals surface area contributed by atoms with Gasteiger partial charge in [0.15, 0.2) is 0 Å². The minimum absolute atomic E-state index is 0. The fourth-order valence-corrected chi connectivity index (χ4v) is 1.85. The zero-order valence-electron chi connectivity index (χ0n) is 8.89. The van der Waals surface area contributed by atoms with Crippen molar-refractivity contribution in [1.82, 2.24) is 5.32 Å². The number of rotatable bonds is 2. The van der Waals surface area contributed by atoms with E-state index < -0.39 is 4.92 Å². The Morgan fingerprint density at radius 3 is 2.88 bits per heavy atom. The van der Waals surface area contributed by atoms with Crippen LogP contribution in [0.4, 0.5) is 5.69 Å². The maximum Gasteiger partial charge on any atom is 0.288 e. The van der Waals surface area contributed by atoms with E-state index in [9.17, 15) is 10.1 Å².